The van der Waals surface area contributed by atoms with Crippen molar-refractivity contribution in [2.45, 2.75) is 131 Å². The Balaban J connectivity index is 1.15. The van der Waals surface area contributed by atoms with Crippen LogP contribution >= 0.6 is 8.25 Å². The van der Waals surface area contributed by atoms with Gasteiger partial charge in [0.05, 0.1) is 36.1 Å². The first kappa shape index (κ1) is 45.1. The molecule has 1 saturated heterocycles. The van der Waals surface area contributed by atoms with Gasteiger partial charge in [-0.2, -0.15) is 0 Å². The van der Waals surface area contributed by atoms with E-state index in [1.54, 1.807) is 0 Å². The normalized spacial score (nSPS) is 29.6. The monoisotopic (exact) mass is 911 g/mol. The Bertz CT molecular complexity index is 2250. The lowest BCUT2D eigenvalue weighted by atomic mass is 9.96. The van der Waals surface area contributed by atoms with Crippen molar-refractivity contribution in [2.24, 2.45) is 17.8 Å². The lowest BCUT2D eigenvalue weighted by Gasteiger charge is -2.32. The number of benzene rings is 1. The topological polar surface area (TPSA) is 229 Å². The number of hydrogen-bond donors (Lipinski definition) is 4. The molecule has 2 aromatic rings. The maximum absolute atomic E-state index is 15.0. The summed E-state index contributed by atoms with van der Waals surface area (Å²) in [5.74, 6) is -1.87. The summed E-state index contributed by atoms with van der Waals surface area (Å²) in [6.07, 6.45) is 12.7. The second kappa shape index (κ2) is 19.3. The molecule has 2 aliphatic heterocycles. The van der Waals surface area contributed by atoms with E-state index in [2.05, 4.69) is 28.0 Å². The molecule has 0 spiro atoms. The summed E-state index contributed by atoms with van der Waals surface area (Å²) in [5, 5.41) is 5.84. The first-order valence-electron chi connectivity index (χ1n) is 22.4. The van der Waals surface area contributed by atoms with Gasteiger partial charge in [0.1, 0.15) is 35.6 Å². The van der Waals surface area contributed by atoms with Crippen LogP contribution in [0, 0.1) is 17.8 Å². The summed E-state index contributed by atoms with van der Waals surface area (Å²) in [6.45, 7) is 3.93. The predicted octanol–water partition coefficient (Wildman–Crippen LogP) is 4.77. The van der Waals surface area contributed by atoms with Gasteiger partial charge in [0.25, 0.3) is 5.91 Å². The van der Waals surface area contributed by atoms with Gasteiger partial charge in [-0.3, -0.25) is 23.7 Å². The molecule has 4 N–H and O–H groups in total. The Morgan fingerprint density at radius 3 is 2.56 bits per heavy atom. The predicted molar refractivity (Wildman–Crippen MR) is 231 cm³/mol. The highest BCUT2D eigenvalue weighted by molar-refractivity contribution is 7.91. The molecule has 4 amide bonds. The van der Waals surface area contributed by atoms with Crippen molar-refractivity contribution in [3.63, 3.8) is 0 Å². The second-order valence-corrected chi connectivity index (χ2v) is 20.6. The van der Waals surface area contributed by atoms with Crippen molar-refractivity contribution < 1.29 is 55.8 Å². The van der Waals surface area contributed by atoms with E-state index < -0.39 is 77.0 Å². The molecular formula is C44H58N5O12PS. The molecule has 4 aliphatic carbocycles. The molecule has 1 aromatic carbocycles. The second-order valence-electron chi connectivity index (χ2n) is 17.8. The van der Waals surface area contributed by atoms with Gasteiger partial charge in [-0.25, -0.2) is 18.2 Å². The highest BCUT2D eigenvalue weighted by Crippen LogP contribution is 2.46. The fraction of sp³-hybridized carbons (Fsp3) is 0.614. The average Bonchev–Trinajstić information content (AvgIpc) is 4.04. The highest BCUT2D eigenvalue weighted by atomic mass is 32.2. The Morgan fingerprint density at radius 1 is 1.03 bits per heavy atom. The number of amides is 4. The number of fused-ring (bicyclic) bond motifs is 5. The fourth-order valence-electron chi connectivity index (χ4n) is 9.85. The smallest absolute Gasteiger partial charge is 0.408 e. The number of allylic oxidation sites excluding steroid dienone is 2. The summed E-state index contributed by atoms with van der Waals surface area (Å²) in [5.41, 5.74) is -0.384. The van der Waals surface area contributed by atoms with Crippen LogP contribution in [0.2, 0.25) is 0 Å². The number of para-hydroxylation sites is 1. The molecule has 5 fully saturated rings. The summed E-state index contributed by atoms with van der Waals surface area (Å²) in [4.78, 5) is 72.6. The zero-order valence-electron chi connectivity index (χ0n) is 35.3. The van der Waals surface area contributed by atoms with Gasteiger partial charge in [0, 0.05) is 24.1 Å². The molecule has 63 heavy (non-hydrogen) atoms. The van der Waals surface area contributed by atoms with Crippen LogP contribution in [0.25, 0.3) is 10.9 Å². The standard InChI is InChI=1S/C44H58N5O12PS/c1-2-29-25-44(29,42(52)48-63(56,57)31-20-21-31)47-39(50)35-24-30-26-49(35)41(51)37(28-13-6-7-14-28)46-43(53)61-36-19-10-15-27(36)12-4-3-5-17-33-38(58-22-11-23-59-62(54)55)32-16-8-9-18-34(32)45-40(33)60-30/h2-3,5,8-9,16,18,27-31,35-37,62H,1,4,6-7,10-15,17,19-26H2,(H,46,53)(H,47,50)(H,48,52)(H,54,55)/t27-,29-,30-,35+,36-,37+,44-/m1/s1. The molecule has 4 saturated carbocycles. The van der Waals surface area contributed by atoms with Gasteiger partial charge < -0.3 is 39.2 Å². The van der Waals surface area contributed by atoms with Gasteiger partial charge >= 0.3 is 14.3 Å². The number of aromatic nitrogens is 1. The third-order valence-corrected chi connectivity index (χ3v) is 15.8. The number of alkyl carbamates (subject to hydrolysis) is 1. The third-order valence-electron chi connectivity index (χ3n) is 13.5. The molecule has 2 bridgehead atoms. The molecule has 19 heteroatoms. The fourth-order valence-corrected chi connectivity index (χ4v) is 11.5. The largest absolute Gasteiger partial charge is 0.492 e. The average molecular weight is 912 g/mol. The summed E-state index contributed by atoms with van der Waals surface area (Å²) < 4.78 is 63.2. The number of sulfonamides is 1. The number of nitrogens with zero attached hydrogens (tertiary/aromatic N) is 2. The van der Waals surface area contributed by atoms with Crippen molar-refractivity contribution >= 4 is 53.0 Å². The number of hydrogen-bond acceptors (Lipinski definition) is 12. The molecule has 342 valence electrons. The van der Waals surface area contributed by atoms with Crippen LogP contribution in [-0.2, 0) is 44.7 Å². The van der Waals surface area contributed by atoms with Crippen LogP contribution in [0.5, 0.6) is 11.6 Å². The number of rotatable bonds is 13. The zero-order valence-corrected chi connectivity index (χ0v) is 37.2. The molecule has 1 unspecified atom stereocenters. The lowest BCUT2D eigenvalue weighted by Crippen LogP contribution is -2.59. The van der Waals surface area contributed by atoms with E-state index in [0.29, 0.717) is 61.8 Å². The Labute approximate surface area is 368 Å². The SMILES string of the molecule is C=C[C@@H]1C[C@]1(NC(=O)[C@@H]1C[C@@H]2CN1C(=O)[C@H](C1CCCC1)NC(=O)O[C@@H]1CCC[C@H]1CCC=CCc1c(nc3ccccc3c1OCCCO[PH](=O)O)O2)C(=O)NS(=O)(=O)C1CC1. The third kappa shape index (κ3) is 10.2. The van der Waals surface area contributed by atoms with Crippen molar-refractivity contribution in [1.29, 1.82) is 0 Å². The first-order valence-corrected chi connectivity index (χ1v) is 25.2. The molecule has 3 heterocycles. The summed E-state index contributed by atoms with van der Waals surface area (Å²) in [7, 11) is -7.04. The molecule has 1 aromatic heterocycles. The Morgan fingerprint density at radius 2 is 1.81 bits per heavy atom. The maximum atomic E-state index is 15.0. The van der Waals surface area contributed by atoms with E-state index in [-0.39, 0.29) is 56.4 Å². The Kier molecular flexibility index (Phi) is 13.8. The van der Waals surface area contributed by atoms with E-state index in [1.807, 2.05) is 30.3 Å². The van der Waals surface area contributed by atoms with Crippen molar-refractivity contribution in [2.75, 3.05) is 19.8 Å². The number of nitrogens with one attached hydrogen (secondary N) is 3. The van der Waals surface area contributed by atoms with Crippen LogP contribution in [-0.4, -0.2) is 102 Å². The van der Waals surface area contributed by atoms with Crippen LogP contribution in [0.4, 0.5) is 4.79 Å². The van der Waals surface area contributed by atoms with E-state index in [9.17, 15) is 27.4 Å². The molecule has 0 radical (unpaired) electrons. The van der Waals surface area contributed by atoms with Crippen molar-refractivity contribution in [3.8, 4) is 11.6 Å². The maximum Gasteiger partial charge on any atom is 0.408 e. The van der Waals surface area contributed by atoms with Gasteiger partial charge in [-0.15, -0.1) is 6.58 Å². The molecule has 8 rings (SSSR count). The van der Waals surface area contributed by atoms with Gasteiger partial charge in [0.2, 0.25) is 27.7 Å². The zero-order chi connectivity index (χ0) is 44.3. The lowest BCUT2D eigenvalue weighted by molar-refractivity contribution is -0.142. The molecule has 8 atom stereocenters. The minimum Gasteiger partial charge on any atom is -0.492 e. The minimum absolute atomic E-state index is 0.0162. The van der Waals surface area contributed by atoms with Crippen LogP contribution < -0.4 is 24.8 Å². The summed E-state index contributed by atoms with van der Waals surface area (Å²) >= 11 is 0. The number of pyridine rings is 1. The van der Waals surface area contributed by atoms with Crippen LogP contribution in [0.1, 0.15) is 95.5 Å². The van der Waals surface area contributed by atoms with E-state index in [1.165, 1.54) is 11.0 Å². The summed E-state index contributed by atoms with van der Waals surface area (Å²) in [6, 6.07) is 5.24. The van der Waals surface area contributed by atoms with E-state index >= 15 is 4.79 Å². The number of ether oxygens (including phenoxy) is 3. The van der Waals surface area contributed by atoms with Gasteiger partial charge in [0.15, 0.2) is 0 Å². The Hall–Kier alpha value is -4.51. The van der Waals surface area contributed by atoms with Crippen molar-refractivity contribution in [1.82, 2.24) is 25.2 Å². The molecule has 17 nitrogen and oxygen atoms in total. The van der Waals surface area contributed by atoms with E-state index in [4.69, 9.17) is 28.6 Å². The molecule has 6 aliphatic rings. The quantitative estimate of drug-likeness (QED) is 0.121. The number of carbonyl (C=O) groups excluding carboxylic acids is 4. The number of carbonyl (C=O) groups is 4. The van der Waals surface area contributed by atoms with E-state index in [0.717, 1.165) is 43.9 Å². The van der Waals surface area contributed by atoms with Crippen LogP contribution in [0.15, 0.2) is 49.1 Å². The molecular weight excluding hydrogens is 854 g/mol. The van der Waals surface area contributed by atoms with Gasteiger partial charge in [-0.1, -0.05) is 43.2 Å². The first-order chi connectivity index (χ1) is 30.4. The van der Waals surface area contributed by atoms with Gasteiger partial charge in [-0.05, 0) is 94.6 Å². The highest BCUT2D eigenvalue weighted by Gasteiger charge is 2.62. The minimum atomic E-state index is -3.94. The van der Waals surface area contributed by atoms with Crippen LogP contribution in [0.3, 0.4) is 0 Å². The van der Waals surface area contributed by atoms with Crippen molar-refractivity contribution in [3.05, 3.63) is 54.6 Å².